The number of aromatic nitrogens is 1. The average Bonchev–Trinajstić information content (AvgIpc) is 2.35. The van der Waals surface area contributed by atoms with E-state index in [2.05, 4.69) is 4.98 Å². The van der Waals surface area contributed by atoms with Gasteiger partial charge in [-0.05, 0) is 23.8 Å². The molecule has 0 saturated carbocycles. The first kappa shape index (κ1) is 12.9. The number of carbonyl (C=O) groups is 1. The molecule has 2 rings (SSSR count). The third-order valence-corrected chi connectivity index (χ3v) is 2.28. The Morgan fingerprint density at radius 1 is 1.16 bits per heavy atom. The lowest BCUT2D eigenvalue weighted by molar-refractivity contribution is 0.0464. The summed E-state index contributed by atoms with van der Waals surface area (Å²) in [5.74, 6) is -2.28. The molecule has 0 aliphatic heterocycles. The highest BCUT2D eigenvalue weighted by Crippen LogP contribution is 2.09. The zero-order valence-electron chi connectivity index (χ0n) is 9.65. The van der Waals surface area contributed by atoms with Gasteiger partial charge in [0, 0.05) is 12.1 Å². The molecule has 19 heavy (non-hydrogen) atoms. The van der Waals surface area contributed by atoms with Gasteiger partial charge in [-0.2, -0.15) is 0 Å². The van der Waals surface area contributed by atoms with Crippen LogP contribution < -0.4 is 5.56 Å². The van der Waals surface area contributed by atoms with Crippen molar-refractivity contribution in [2.45, 2.75) is 6.61 Å². The first-order valence-corrected chi connectivity index (χ1v) is 5.36. The molecule has 1 heterocycles. The molecule has 0 bridgehead atoms. The minimum absolute atomic E-state index is 0.0237. The maximum atomic E-state index is 12.9. The minimum atomic E-state index is -0.776. The number of halogens is 2. The lowest BCUT2D eigenvalue weighted by Gasteiger charge is -2.05. The topological polar surface area (TPSA) is 59.2 Å². The van der Waals surface area contributed by atoms with Crippen molar-refractivity contribution >= 4 is 5.97 Å². The molecule has 0 aliphatic carbocycles. The molecule has 0 radical (unpaired) electrons. The molecule has 0 aliphatic rings. The van der Waals surface area contributed by atoms with Crippen LogP contribution in [0.1, 0.15) is 16.1 Å². The van der Waals surface area contributed by atoms with Gasteiger partial charge in [-0.1, -0.05) is 6.07 Å². The van der Waals surface area contributed by atoms with E-state index < -0.39 is 23.2 Å². The highest BCUT2D eigenvalue weighted by molar-refractivity contribution is 5.87. The second kappa shape index (κ2) is 5.43. The highest BCUT2D eigenvalue weighted by Gasteiger charge is 2.09. The number of hydrogen-bond acceptors (Lipinski definition) is 3. The molecule has 0 spiro atoms. The Morgan fingerprint density at radius 2 is 1.84 bits per heavy atom. The van der Waals surface area contributed by atoms with Gasteiger partial charge in [0.05, 0.1) is 0 Å². The van der Waals surface area contributed by atoms with Crippen molar-refractivity contribution in [3.63, 3.8) is 0 Å². The summed E-state index contributed by atoms with van der Waals surface area (Å²) in [6, 6.07) is 6.86. The number of nitrogens with one attached hydrogen (secondary N) is 1. The largest absolute Gasteiger partial charge is 0.456 e. The van der Waals surface area contributed by atoms with Gasteiger partial charge in [0.1, 0.15) is 23.9 Å². The Kier molecular flexibility index (Phi) is 3.70. The van der Waals surface area contributed by atoms with Crippen molar-refractivity contribution in [3.05, 3.63) is 69.6 Å². The zero-order valence-corrected chi connectivity index (χ0v) is 9.65. The molecule has 0 atom stereocenters. The number of rotatable bonds is 3. The van der Waals surface area contributed by atoms with Crippen LogP contribution in [-0.2, 0) is 11.3 Å². The number of ether oxygens (including phenoxy) is 1. The van der Waals surface area contributed by atoms with E-state index >= 15 is 0 Å². The van der Waals surface area contributed by atoms with Crippen molar-refractivity contribution in [1.82, 2.24) is 4.98 Å². The predicted octanol–water partition coefficient (Wildman–Crippen LogP) is 2.01. The summed E-state index contributed by atoms with van der Waals surface area (Å²) >= 11 is 0. The van der Waals surface area contributed by atoms with Crippen molar-refractivity contribution in [1.29, 1.82) is 0 Å². The van der Waals surface area contributed by atoms with Crippen LogP contribution in [0.4, 0.5) is 8.78 Å². The molecule has 0 amide bonds. The SMILES string of the molecule is O=C(OCc1cc(F)cc(F)c1)c1cccc(=O)[nH]1. The molecule has 4 nitrogen and oxygen atoms in total. The van der Waals surface area contributed by atoms with Crippen molar-refractivity contribution < 1.29 is 18.3 Å². The fraction of sp³-hybridized carbons (Fsp3) is 0.0769. The van der Waals surface area contributed by atoms with Gasteiger partial charge in [0.25, 0.3) is 0 Å². The summed E-state index contributed by atoms with van der Waals surface area (Å²) in [7, 11) is 0. The van der Waals surface area contributed by atoms with Gasteiger partial charge >= 0.3 is 5.97 Å². The number of carbonyl (C=O) groups excluding carboxylic acids is 1. The zero-order chi connectivity index (χ0) is 13.8. The fourth-order valence-electron chi connectivity index (χ4n) is 1.49. The van der Waals surface area contributed by atoms with E-state index in [0.717, 1.165) is 18.2 Å². The molecule has 1 aromatic heterocycles. The molecule has 6 heteroatoms. The van der Waals surface area contributed by atoms with Crippen molar-refractivity contribution in [2.75, 3.05) is 0 Å². The number of esters is 1. The van der Waals surface area contributed by atoms with Gasteiger partial charge in [-0.25, -0.2) is 13.6 Å². The van der Waals surface area contributed by atoms with E-state index in [0.29, 0.717) is 0 Å². The standard InChI is InChI=1S/C13H9F2NO3/c14-9-4-8(5-10(15)6-9)7-19-13(18)11-2-1-3-12(17)16-11/h1-6H,7H2,(H,16,17). The van der Waals surface area contributed by atoms with Crippen LogP contribution in [0.2, 0.25) is 0 Å². The Labute approximate surface area is 106 Å². The number of H-pyrrole nitrogens is 1. The molecule has 2 aromatic rings. The third-order valence-electron chi connectivity index (χ3n) is 2.28. The smallest absolute Gasteiger partial charge is 0.355 e. The van der Waals surface area contributed by atoms with Crippen LogP contribution in [0.15, 0.2) is 41.2 Å². The molecule has 0 fully saturated rings. The number of hydrogen-bond donors (Lipinski definition) is 1. The van der Waals surface area contributed by atoms with E-state index in [9.17, 15) is 18.4 Å². The van der Waals surface area contributed by atoms with Crippen LogP contribution in [0.3, 0.4) is 0 Å². The van der Waals surface area contributed by atoms with Crippen molar-refractivity contribution in [2.24, 2.45) is 0 Å². The van der Waals surface area contributed by atoms with Gasteiger partial charge in [0.2, 0.25) is 5.56 Å². The van der Waals surface area contributed by atoms with Crippen LogP contribution in [0.5, 0.6) is 0 Å². The maximum absolute atomic E-state index is 12.9. The number of pyridine rings is 1. The van der Waals surface area contributed by atoms with E-state index in [1.807, 2.05) is 0 Å². The monoisotopic (exact) mass is 265 g/mol. The molecule has 0 unspecified atom stereocenters. The van der Waals surface area contributed by atoms with Crippen LogP contribution >= 0.6 is 0 Å². The molecular formula is C13H9F2NO3. The Bertz CT molecular complexity index is 647. The Balaban J connectivity index is 2.06. The van der Waals surface area contributed by atoms with E-state index in [1.165, 1.54) is 18.2 Å². The third kappa shape index (κ3) is 3.48. The summed E-state index contributed by atoms with van der Waals surface area (Å²) in [4.78, 5) is 24.8. The molecule has 0 saturated heterocycles. The van der Waals surface area contributed by atoms with Crippen LogP contribution in [-0.4, -0.2) is 11.0 Å². The average molecular weight is 265 g/mol. The molecular weight excluding hydrogens is 256 g/mol. The first-order chi connectivity index (χ1) is 9.04. The van der Waals surface area contributed by atoms with Gasteiger partial charge in [0.15, 0.2) is 0 Å². The molecule has 1 N–H and O–H groups in total. The summed E-state index contributed by atoms with van der Waals surface area (Å²) in [6.07, 6.45) is 0. The second-order valence-corrected chi connectivity index (χ2v) is 3.78. The molecule has 1 aromatic carbocycles. The predicted molar refractivity (Wildman–Crippen MR) is 62.5 cm³/mol. The lowest BCUT2D eigenvalue weighted by Crippen LogP contribution is -2.13. The fourth-order valence-corrected chi connectivity index (χ4v) is 1.49. The Morgan fingerprint density at radius 3 is 2.47 bits per heavy atom. The number of aromatic amines is 1. The first-order valence-electron chi connectivity index (χ1n) is 5.36. The minimum Gasteiger partial charge on any atom is -0.456 e. The lowest BCUT2D eigenvalue weighted by atomic mass is 10.2. The summed E-state index contributed by atoms with van der Waals surface area (Å²) in [6.45, 7) is -0.287. The van der Waals surface area contributed by atoms with E-state index in [-0.39, 0.29) is 17.9 Å². The van der Waals surface area contributed by atoms with Gasteiger partial charge in [-0.15, -0.1) is 0 Å². The maximum Gasteiger partial charge on any atom is 0.355 e. The van der Waals surface area contributed by atoms with E-state index in [4.69, 9.17) is 4.74 Å². The summed E-state index contributed by atoms with van der Waals surface area (Å²) < 4.78 is 30.6. The normalized spacial score (nSPS) is 10.2. The number of benzene rings is 1. The quantitative estimate of drug-likeness (QED) is 0.863. The Hall–Kier alpha value is -2.50. The van der Waals surface area contributed by atoms with Gasteiger partial charge < -0.3 is 9.72 Å². The molecule has 98 valence electrons. The van der Waals surface area contributed by atoms with Gasteiger partial charge in [-0.3, -0.25) is 4.79 Å². The van der Waals surface area contributed by atoms with E-state index in [1.54, 1.807) is 0 Å². The summed E-state index contributed by atoms with van der Waals surface area (Å²) in [5.41, 5.74) is -0.278. The van der Waals surface area contributed by atoms with Crippen LogP contribution in [0, 0.1) is 11.6 Å². The second-order valence-electron chi connectivity index (χ2n) is 3.78. The van der Waals surface area contributed by atoms with Crippen LogP contribution in [0.25, 0.3) is 0 Å². The van der Waals surface area contributed by atoms with Crippen molar-refractivity contribution in [3.8, 4) is 0 Å². The summed E-state index contributed by atoms with van der Waals surface area (Å²) in [5, 5.41) is 0. The highest BCUT2D eigenvalue weighted by atomic mass is 19.1.